The average molecular weight is 336 g/mol. The first-order valence-corrected chi connectivity index (χ1v) is 8.05. The third-order valence-corrected chi connectivity index (χ3v) is 3.27. The fourth-order valence-electron chi connectivity index (χ4n) is 2.17. The van der Waals surface area contributed by atoms with Crippen molar-refractivity contribution in [3.8, 4) is 17.6 Å². The molecular formula is C20H20N2O3. The van der Waals surface area contributed by atoms with Crippen LogP contribution in [0.5, 0.6) is 11.5 Å². The van der Waals surface area contributed by atoms with Crippen molar-refractivity contribution in [3.63, 3.8) is 0 Å². The molecule has 0 saturated carbocycles. The topological polar surface area (TPSA) is 71.3 Å². The Bertz CT molecular complexity index is 789. The maximum absolute atomic E-state index is 12.3. The van der Waals surface area contributed by atoms with Crippen LogP contribution in [0.25, 0.3) is 6.08 Å². The number of benzene rings is 2. The highest BCUT2D eigenvalue weighted by molar-refractivity contribution is 6.09. The molecule has 0 unspecified atom stereocenters. The summed E-state index contributed by atoms with van der Waals surface area (Å²) < 4.78 is 10.8. The van der Waals surface area contributed by atoms with Gasteiger partial charge in [-0.25, -0.2) is 0 Å². The molecule has 2 aromatic rings. The van der Waals surface area contributed by atoms with Crippen molar-refractivity contribution in [2.45, 2.75) is 13.8 Å². The van der Waals surface area contributed by atoms with Gasteiger partial charge in [0.25, 0.3) is 5.91 Å². The largest absolute Gasteiger partial charge is 0.494 e. The number of hydrogen-bond donors (Lipinski definition) is 1. The van der Waals surface area contributed by atoms with E-state index in [1.807, 2.05) is 19.9 Å². The Labute approximate surface area is 147 Å². The predicted molar refractivity (Wildman–Crippen MR) is 97.4 cm³/mol. The van der Waals surface area contributed by atoms with Crippen molar-refractivity contribution >= 4 is 17.7 Å². The maximum Gasteiger partial charge on any atom is 0.266 e. The van der Waals surface area contributed by atoms with E-state index in [2.05, 4.69) is 5.32 Å². The van der Waals surface area contributed by atoms with Gasteiger partial charge in [0.1, 0.15) is 23.1 Å². The number of nitrogens with zero attached hydrogens (tertiary/aromatic N) is 1. The normalized spacial score (nSPS) is 10.7. The Balaban J connectivity index is 2.12. The summed E-state index contributed by atoms with van der Waals surface area (Å²) in [6, 6.07) is 16.2. The van der Waals surface area contributed by atoms with E-state index in [4.69, 9.17) is 9.47 Å². The van der Waals surface area contributed by atoms with Crippen molar-refractivity contribution in [1.82, 2.24) is 0 Å². The molecule has 5 heteroatoms. The Kier molecular flexibility index (Phi) is 6.61. The molecule has 0 bridgehead atoms. The van der Waals surface area contributed by atoms with Crippen LogP contribution in [0.1, 0.15) is 19.4 Å². The van der Waals surface area contributed by atoms with Crippen molar-refractivity contribution in [1.29, 1.82) is 5.26 Å². The lowest BCUT2D eigenvalue weighted by atomic mass is 10.1. The van der Waals surface area contributed by atoms with E-state index in [0.717, 1.165) is 11.3 Å². The third kappa shape index (κ3) is 5.40. The lowest BCUT2D eigenvalue weighted by Gasteiger charge is -2.07. The molecule has 5 nitrogen and oxygen atoms in total. The minimum Gasteiger partial charge on any atom is -0.494 e. The molecule has 0 radical (unpaired) electrons. The summed E-state index contributed by atoms with van der Waals surface area (Å²) in [6.45, 7) is 4.92. The fourth-order valence-corrected chi connectivity index (χ4v) is 2.17. The summed E-state index contributed by atoms with van der Waals surface area (Å²) in [5.74, 6) is 0.940. The van der Waals surface area contributed by atoms with Crippen LogP contribution >= 0.6 is 0 Å². The molecule has 0 aliphatic rings. The highest BCUT2D eigenvalue weighted by atomic mass is 16.5. The van der Waals surface area contributed by atoms with Crippen LogP contribution in [0.15, 0.2) is 54.1 Å². The maximum atomic E-state index is 12.3. The highest BCUT2D eigenvalue weighted by Crippen LogP contribution is 2.19. The van der Waals surface area contributed by atoms with Crippen LogP contribution in [-0.4, -0.2) is 19.1 Å². The second-order valence-corrected chi connectivity index (χ2v) is 5.09. The second kappa shape index (κ2) is 9.14. The molecule has 0 fully saturated rings. The van der Waals surface area contributed by atoms with Crippen molar-refractivity contribution in [2.24, 2.45) is 0 Å². The van der Waals surface area contributed by atoms with E-state index in [1.165, 1.54) is 6.08 Å². The summed E-state index contributed by atoms with van der Waals surface area (Å²) >= 11 is 0. The van der Waals surface area contributed by atoms with Gasteiger partial charge in [-0.1, -0.05) is 18.2 Å². The minimum atomic E-state index is -0.468. The first-order valence-electron chi connectivity index (χ1n) is 8.05. The third-order valence-electron chi connectivity index (χ3n) is 3.27. The van der Waals surface area contributed by atoms with Crippen LogP contribution in [0.3, 0.4) is 0 Å². The molecular weight excluding hydrogens is 316 g/mol. The number of hydrogen-bond acceptors (Lipinski definition) is 4. The average Bonchev–Trinajstić information content (AvgIpc) is 2.62. The van der Waals surface area contributed by atoms with Crippen molar-refractivity contribution in [2.75, 3.05) is 18.5 Å². The van der Waals surface area contributed by atoms with E-state index in [1.54, 1.807) is 48.5 Å². The predicted octanol–water partition coefficient (Wildman–Crippen LogP) is 4.03. The van der Waals surface area contributed by atoms with Gasteiger partial charge < -0.3 is 14.8 Å². The molecule has 0 aliphatic heterocycles. The fraction of sp³-hybridized carbons (Fsp3) is 0.200. The lowest BCUT2D eigenvalue weighted by Crippen LogP contribution is -2.13. The number of carbonyl (C=O) groups is 1. The Morgan fingerprint density at radius 1 is 1.08 bits per heavy atom. The van der Waals surface area contributed by atoms with Gasteiger partial charge in [-0.05, 0) is 49.8 Å². The molecule has 0 atom stereocenters. The van der Waals surface area contributed by atoms with Gasteiger partial charge >= 0.3 is 0 Å². The summed E-state index contributed by atoms with van der Waals surface area (Å²) in [7, 11) is 0. The van der Waals surface area contributed by atoms with Gasteiger partial charge in [-0.2, -0.15) is 5.26 Å². The summed E-state index contributed by atoms with van der Waals surface area (Å²) in [5.41, 5.74) is 1.34. The van der Waals surface area contributed by atoms with Gasteiger partial charge in [0.15, 0.2) is 0 Å². The number of amides is 1. The number of anilines is 1. The van der Waals surface area contributed by atoms with Crippen LogP contribution in [0.4, 0.5) is 5.69 Å². The summed E-state index contributed by atoms with van der Waals surface area (Å²) in [4.78, 5) is 12.3. The van der Waals surface area contributed by atoms with Gasteiger partial charge in [0.2, 0.25) is 0 Å². The monoisotopic (exact) mass is 336 g/mol. The standard InChI is InChI=1S/C20H20N2O3/c1-3-24-18-10-8-15(9-11-18)12-16(14-21)20(23)22-17-6-5-7-19(13-17)25-4-2/h5-13H,3-4H2,1-2H3,(H,22,23)/b16-12-. The second-order valence-electron chi connectivity index (χ2n) is 5.09. The molecule has 25 heavy (non-hydrogen) atoms. The molecule has 128 valence electrons. The zero-order chi connectivity index (χ0) is 18.1. The van der Waals surface area contributed by atoms with Gasteiger partial charge in [-0.15, -0.1) is 0 Å². The number of nitriles is 1. The first-order chi connectivity index (χ1) is 12.2. The van der Waals surface area contributed by atoms with E-state index < -0.39 is 5.91 Å². The zero-order valence-corrected chi connectivity index (χ0v) is 14.3. The minimum absolute atomic E-state index is 0.0194. The molecule has 0 spiro atoms. The van der Waals surface area contributed by atoms with Crippen LogP contribution in [0, 0.1) is 11.3 Å². The van der Waals surface area contributed by atoms with Crippen molar-refractivity contribution < 1.29 is 14.3 Å². The molecule has 0 heterocycles. The van der Waals surface area contributed by atoms with Crippen molar-refractivity contribution in [3.05, 3.63) is 59.7 Å². The smallest absolute Gasteiger partial charge is 0.266 e. The summed E-state index contributed by atoms with van der Waals surface area (Å²) in [5, 5.41) is 12.0. The molecule has 2 rings (SSSR count). The number of nitrogens with one attached hydrogen (secondary N) is 1. The van der Waals surface area contributed by atoms with Crippen LogP contribution < -0.4 is 14.8 Å². The molecule has 0 aromatic heterocycles. The quantitative estimate of drug-likeness (QED) is 0.612. The van der Waals surface area contributed by atoms with E-state index in [9.17, 15) is 10.1 Å². The highest BCUT2D eigenvalue weighted by Gasteiger charge is 2.10. The molecule has 1 amide bonds. The molecule has 2 aromatic carbocycles. The molecule has 1 N–H and O–H groups in total. The summed E-state index contributed by atoms with van der Waals surface area (Å²) in [6.07, 6.45) is 1.54. The van der Waals surface area contributed by atoms with E-state index in [0.29, 0.717) is 24.7 Å². The zero-order valence-electron chi connectivity index (χ0n) is 14.3. The van der Waals surface area contributed by atoms with Crippen LogP contribution in [-0.2, 0) is 4.79 Å². The van der Waals surface area contributed by atoms with Gasteiger partial charge in [-0.3, -0.25) is 4.79 Å². The first kappa shape index (κ1) is 18.1. The number of ether oxygens (including phenoxy) is 2. The Morgan fingerprint density at radius 3 is 2.40 bits per heavy atom. The Morgan fingerprint density at radius 2 is 1.76 bits per heavy atom. The van der Waals surface area contributed by atoms with Crippen LogP contribution in [0.2, 0.25) is 0 Å². The van der Waals surface area contributed by atoms with Gasteiger partial charge in [0, 0.05) is 11.8 Å². The molecule has 0 saturated heterocycles. The number of carbonyl (C=O) groups excluding carboxylic acids is 1. The SMILES string of the molecule is CCOc1ccc(/C=C(/C#N)C(=O)Nc2cccc(OCC)c2)cc1. The Hall–Kier alpha value is -3.26. The lowest BCUT2D eigenvalue weighted by molar-refractivity contribution is -0.112. The van der Waals surface area contributed by atoms with E-state index >= 15 is 0 Å². The number of rotatable bonds is 7. The molecule has 0 aliphatic carbocycles. The van der Waals surface area contributed by atoms with E-state index in [-0.39, 0.29) is 5.57 Å². The van der Waals surface area contributed by atoms with Gasteiger partial charge in [0.05, 0.1) is 13.2 Å².